The van der Waals surface area contributed by atoms with Crippen molar-refractivity contribution in [3.63, 3.8) is 0 Å². The third-order valence-corrected chi connectivity index (χ3v) is 4.75. The van der Waals surface area contributed by atoms with Crippen LogP contribution in [0.15, 0.2) is 30.3 Å². The second-order valence-electron chi connectivity index (χ2n) is 8.09. The van der Waals surface area contributed by atoms with Gasteiger partial charge in [0.15, 0.2) is 5.78 Å². The Bertz CT molecular complexity index is 784. The van der Waals surface area contributed by atoms with E-state index in [9.17, 15) is 19.2 Å². The zero-order chi connectivity index (χ0) is 21.8. The molecule has 2 rings (SSSR count). The Hall–Kier alpha value is -2.90. The van der Waals surface area contributed by atoms with Crippen LogP contribution in [0.2, 0.25) is 0 Å². The van der Waals surface area contributed by atoms with Crippen molar-refractivity contribution in [3.05, 3.63) is 35.9 Å². The molecule has 0 aliphatic carbocycles. The first-order chi connectivity index (χ1) is 13.5. The van der Waals surface area contributed by atoms with Gasteiger partial charge in [0.05, 0.1) is 19.6 Å². The second-order valence-corrected chi connectivity index (χ2v) is 8.09. The second kappa shape index (κ2) is 8.63. The molecule has 0 bridgehead atoms. The number of nitrogens with zero attached hydrogens (tertiary/aromatic N) is 1. The van der Waals surface area contributed by atoms with Crippen LogP contribution in [0.3, 0.4) is 0 Å². The average Bonchev–Trinajstić information content (AvgIpc) is 3.07. The number of methoxy groups -OCH3 is 2. The van der Waals surface area contributed by atoms with E-state index in [-0.39, 0.29) is 25.2 Å². The molecule has 1 aliphatic heterocycles. The Labute approximate surface area is 170 Å². The smallest absolute Gasteiger partial charge is 0.411 e. The standard InChI is InChI=1S/C21H27NO7/c1-20(2,3)29-19(26)22-13-21(18(25)28-5,11-15(22)17(24)27-4)12-16(23)14-9-7-6-8-10-14/h6-10,15H,11-13H2,1-5H3/t15-,21+/m0/s1. The third-order valence-electron chi connectivity index (χ3n) is 4.75. The van der Waals surface area contributed by atoms with E-state index in [1.807, 2.05) is 0 Å². The lowest BCUT2D eigenvalue weighted by Gasteiger charge is -2.28. The molecule has 8 heteroatoms. The molecule has 1 aliphatic rings. The first kappa shape index (κ1) is 22.4. The number of esters is 2. The van der Waals surface area contributed by atoms with E-state index < -0.39 is 35.1 Å². The highest BCUT2D eigenvalue weighted by Crippen LogP contribution is 2.41. The molecule has 1 aromatic rings. The Morgan fingerprint density at radius 2 is 1.69 bits per heavy atom. The largest absolute Gasteiger partial charge is 0.469 e. The minimum absolute atomic E-state index is 0.0931. The van der Waals surface area contributed by atoms with E-state index >= 15 is 0 Å². The summed E-state index contributed by atoms with van der Waals surface area (Å²) >= 11 is 0. The van der Waals surface area contributed by atoms with Crippen LogP contribution in [0, 0.1) is 5.41 Å². The predicted octanol–water partition coefficient (Wildman–Crippen LogP) is 2.60. The Morgan fingerprint density at radius 1 is 1.07 bits per heavy atom. The number of hydrogen-bond donors (Lipinski definition) is 0. The van der Waals surface area contributed by atoms with E-state index in [4.69, 9.17) is 14.2 Å². The fourth-order valence-electron chi connectivity index (χ4n) is 3.44. The first-order valence-electron chi connectivity index (χ1n) is 9.27. The summed E-state index contributed by atoms with van der Waals surface area (Å²) in [5, 5.41) is 0. The maximum absolute atomic E-state index is 12.8. The van der Waals surface area contributed by atoms with Gasteiger partial charge in [0, 0.05) is 18.5 Å². The highest BCUT2D eigenvalue weighted by atomic mass is 16.6. The van der Waals surface area contributed by atoms with Crippen LogP contribution in [0.1, 0.15) is 44.0 Å². The van der Waals surface area contributed by atoms with Gasteiger partial charge >= 0.3 is 18.0 Å². The summed E-state index contributed by atoms with van der Waals surface area (Å²) in [4.78, 5) is 51.7. The molecule has 8 nitrogen and oxygen atoms in total. The number of rotatable bonds is 5. The maximum atomic E-state index is 12.8. The first-order valence-corrected chi connectivity index (χ1v) is 9.27. The number of benzene rings is 1. The molecule has 29 heavy (non-hydrogen) atoms. The molecule has 1 aromatic carbocycles. The van der Waals surface area contributed by atoms with E-state index in [1.165, 1.54) is 14.2 Å². The van der Waals surface area contributed by atoms with Crippen LogP contribution >= 0.6 is 0 Å². The summed E-state index contributed by atoms with van der Waals surface area (Å²) in [5.41, 5.74) is -1.74. The minimum Gasteiger partial charge on any atom is -0.469 e. The minimum atomic E-state index is -1.38. The van der Waals surface area contributed by atoms with Crippen molar-refractivity contribution in [1.82, 2.24) is 4.90 Å². The van der Waals surface area contributed by atoms with Gasteiger partial charge in [0.2, 0.25) is 0 Å². The molecule has 0 aromatic heterocycles. The number of carbonyl (C=O) groups is 4. The molecular formula is C21H27NO7. The summed E-state index contributed by atoms with van der Waals surface area (Å²) in [5.74, 6) is -1.64. The summed E-state index contributed by atoms with van der Waals surface area (Å²) in [7, 11) is 2.41. The molecule has 158 valence electrons. The van der Waals surface area contributed by atoms with Crippen molar-refractivity contribution in [3.8, 4) is 0 Å². The summed E-state index contributed by atoms with van der Waals surface area (Å²) in [6, 6.07) is 7.45. The molecular weight excluding hydrogens is 378 g/mol. The van der Waals surface area contributed by atoms with Gasteiger partial charge in [-0.2, -0.15) is 0 Å². The van der Waals surface area contributed by atoms with Gasteiger partial charge in [0.1, 0.15) is 11.6 Å². The fraction of sp³-hybridized carbons (Fsp3) is 0.524. The maximum Gasteiger partial charge on any atom is 0.411 e. The number of ketones is 1. The van der Waals surface area contributed by atoms with Crippen molar-refractivity contribution in [2.45, 2.75) is 45.3 Å². The fourth-order valence-corrected chi connectivity index (χ4v) is 3.44. The van der Waals surface area contributed by atoms with E-state index in [2.05, 4.69) is 0 Å². The van der Waals surface area contributed by atoms with Gasteiger partial charge in [-0.05, 0) is 27.2 Å². The normalized spacial score (nSPS) is 21.4. The number of ether oxygens (including phenoxy) is 3. The third kappa shape index (κ3) is 5.13. The average molecular weight is 405 g/mol. The molecule has 2 atom stereocenters. The van der Waals surface area contributed by atoms with Gasteiger partial charge in [-0.1, -0.05) is 30.3 Å². The van der Waals surface area contributed by atoms with Gasteiger partial charge in [0.25, 0.3) is 0 Å². The molecule has 1 amide bonds. The SMILES string of the molecule is COC(=O)[C@@H]1C[C@](CC(=O)c2ccccc2)(C(=O)OC)CN1C(=O)OC(C)(C)C. The number of likely N-dealkylation sites (tertiary alicyclic amines) is 1. The lowest BCUT2D eigenvalue weighted by atomic mass is 9.79. The van der Waals surface area contributed by atoms with E-state index in [1.54, 1.807) is 51.1 Å². The van der Waals surface area contributed by atoms with Crippen molar-refractivity contribution in [2.24, 2.45) is 5.41 Å². The van der Waals surface area contributed by atoms with Crippen LogP contribution in [-0.2, 0) is 23.8 Å². The summed E-state index contributed by atoms with van der Waals surface area (Å²) in [6.07, 6.45) is -1.06. The Morgan fingerprint density at radius 3 is 2.21 bits per heavy atom. The zero-order valence-corrected chi connectivity index (χ0v) is 17.4. The van der Waals surface area contributed by atoms with Crippen molar-refractivity contribution < 1.29 is 33.4 Å². The van der Waals surface area contributed by atoms with Crippen molar-refractivity contribution in [2.75, 3.05) is 20.8 Å². The lowest BCUT2D eigenvalue weighted by Crippen LogP contribution is -2.44. The molecule has 0 saturated carbocycles. The molecule has 0 radical (unpaired) electrons. The summed E-state index contributed by atoms with van der Waals surface area (Å²) < 4.78 is 15.1. The number of Topliss-reactive ketones (excluding diaryl/α,β-unsaturated/α-hetero) is 1. The van der Waals surface area contributed by atoms with E-state index in [0.29, 0.717) is 5.56 Å². The van der Waals surface area contributed by atoms with E-state index in [0.717, 1.165) is 4.90 Å². The molecule has 1 saturated heterocycles. The highest BCUT2D eigenvalue weighted by molar-refractivity contribution is 6.00. The van der Waals surface area contributed by atoms with Gasteiger partial charge in [-0.25, -0.2) is 9.59 Å². The van der Waals surface area contributed by atoms with Crippen molar-refractivity contribution >= 4 is 23.8 Å². The van der Waals surface area contributed by atoms with Gasteiger partial charge in [-0.15, -0.1) is 0 Å². The Balaban J connectivity index is 2.38. The lowest BCUT2D eigenvalue weighted by molar-refractivity contribution is -0.152. The molecule has 0 N–H and O–H groups in total. The van der Waals surface area contributed by atoms with Crippen molar-refractivity contribution in [1.29, 1.82) is 0 Å². The molecule has 1 heterocycles. The molecule has 0 unspecified atom stereocenters. The highest BCUT2D eigenvalue weighted by Gasteiger charge is 2.56. The molecule has 0 spiro atoms. The van der Waals surface area contributed by atoms with Crippen LogP contribution in [-0.4, -0.2) is 61.1 Å². The van der Waals surface area contributed by atoms with Crippen LogP contribution in [0.25, 0.3) is 0 Å². The molecule has 1 fully saturated rings. The van der Waals surface area contributed by atoms with Gasteiger partial charge < -0.3 is 14.2 Å². The van der Waals surface area contributed by atoms with Crippen LogP contribution in [0.4, 0.5) is 4.79 Å². The predicted molar refractivity (Wildman–Crippen MR) is 103 cm³/mol. The number of carbonyl (C=O) groups excluding carboxylic acids is 4. The zero-order valence-electron chi connectivity index (χ0n) is 17.4. The van der Waals surface area contributed by atoms with Crippen LogP contribution < -0.4 is 0 Å². The van der Waals surface area contributed by atoms with Gasteiger partial charge in [-0.3, -0.25) is 14.5 Å². The monoisotopic (exact) mass is 405 g/mol. The number of hydrogen-bond acceptors (Lipinski definition) is 7. The Kier molecular flexibility index (Phi) is 6.66. The van der Waals surface area contributed by atoms with Crippen LogP contribution in [0.5, 0.6) is 0 Å². The topological polar surface area (TPSA) is 99.2 Å². The quantitative estimate of drug-likeness (QED) is 0.422. The number of amides is 1. The summed E-state index contributed by atoms with van der Waals surface area (Å²) in [6.45, 7) is 4.90.